The molecule has 0 unspecified atom stereocenters. The summed E-state index contributed by atoms with van der Waals surface area (Å²) in [7, 11) is 0. The van der Waals surface area contributed by atoms with Gasteiger partial charge in [-0.05, 0) is 62.4 Å². The van der Waals surface area contributed by atoms with Crippen LogP contribution in [0.3, 0.4) is 0 Å². The molecule has 0 atom stereocenters. The van der Waals surface area contributed by atoms with Crippen molar-refractivity contribution < 1.29 is 13.5 Å². The fourth-order valence-corrected chi connectivity index (χ4v) is 3.24. The van der Waals surface area contributed by atoms with E-state index in [4.69, 9.17) is 0 Å². The highest BCUT2D eigenvalue weighted by Gasteiger charge is 2.15. The van der Waals surface area contributed by atoms with Gasteiger partial charge in [0.1, 0.15) is 11.6 Å². The summed E-state index contributed by atoms with van der Waals surface area (Å²) < 4.78 is 29.6. The fourth-order valence-electron chi connectivity index (χ4n) is 3.24. The van der Waals surface area contributed by atoms with Gasteiger partial charge in [-0.1, -0.05) is 18.2 Å². The third kappa shape index (κ3) is 3.94. The van der Waals surface area contributed by atoms with Crippen molar-refractivity contribution in [2.24, 2.45) is 0 Å². The molecule has 4 aromatic rings. The van der Waals surface area contributed by atoms with E-state index in [2.05, 4.69) is 5.10 Å². The number of fused-ring (bicyclic) bond motifs is 1. The Morgan fingerprint density at radius 2 is 1.68 bits per heavy atom. The number of hydrogen-bond acceptors (Lipinski definition) is 3. The van der Waals surface area contributed by atoms with Gasteiger partial charge in [-0.15, -0.1) is 0 Å². The van der Waals surface area contributed by atoms with Crippen LogP contribution in [0.5, 0.6) is 0 Å². The normalized spacial score (nSPS) is 12.0. The molecule has 0 spiro atoms. The van der Waals surface area contributed by atoms with Crippen molar-refractivity contribution in [2.45, 2.75) is 19.9 Å². The zero-order chi connectivity index (χ0) is 22.1. The van der Waals surface area contributed by atoms with Gasteiger partial charge in [0, 0.05) is 10.9 Å². The van der Waals surface area contributed by atoms with Gasteiger partial charge in [-0.2, -0.15) is 9.78 Å². The summed E-state index contributed by atoms with van der Waals surface area (Å²) in [5.74, 6) is -0.967. The van der Waals surface area contributed by atoms with Crippen molar-refractivity contribution in [3.8, 4) is 16.9 Å². The summed E-state index contributed by atoms with van der Waals surface area (Å²) >= 11 is 0. The first-order chi connectivity index (χ1) is 14.8. The minimum Gasteiger partial charge on any atom is -0.624 e. The van der Waals surface area contributed by atoms with Crippen LogP contribution in [0.2, 0.25) is 0 Å². The molecule has 5 nitrogen and oxygen atoms in total. The number of rotatable bonds is 4. The van der Waals surface area contributed by atoms with Gasteiger partial charge in [-0.25, -0.2) is 13.5 Å². The van der Waals surface area contributed by atoms with Crippen LogP contribution in [0.4, 0.5) is 8.78 Å². The molecule has 3 aromatic carbocycles. The van der Waals surface area contributed by atoms with Crippen molar-refractivity contribution in [1.82, 2.24) is 9.78 Å². The number of hydrogen-bond donors (Lipinski definition) is 0. The van der Waals surface area contributed by atoms with E-state index in [-0.39, 0.29) is 17.2 Å². The molecule has 0 fully saturated rings. The van der Waals surface area contributed by atoms with Gasteiger partial charge < -0.3 is 5.21 Å². The molecule has 0 aliphatic heterocycles. The average molecular weight is 419 g/mol. The molecule has 31 heavy (non-hydrogen) atoms. The summed E-state index contributed by atoms with van der Waals surface area (Å²) in [6, 6.07) is 16.4. The first-order valence-corrected chi connectivity index (χ1v) is 9.73. The zero-order valence-corrected chi connectivity index (χ0v) is 16.9. The van der Waals surface area contributed by atoms with Gasteiger partial charge in [0.15, 0.2) is 12.3 Å². The summed E-state index contributed by atoms with van der Waals surface area (Å²) in [6.45, 7) is 3.41. The van der Waals surface area contributed by atoms with Crippen molar-refractivity contribution in [3.63, 3.8) is 0 Å². The molecule has 4 rings (SSSR count). The minimum atomic E-state index is -0.540. The average Bonchev–Trinajstić information content (AvgIpc) is 2.76. The number of hydroxylamine groups is 1. The van der Waals surface area contributed by atoms with E-state index in [9.17, 15) is 18.8 Å². The van der Waals surface area contributed by atoms with E-state index in [1.807, 2.05) is 0 Å². The maximum Gasteiger partial charge on any atom is 0.279 e. The predicted octanol–water partition coefficient (Wildman–Crippen LogP) is 4.67. The zero-order valence-electron chi connectivity index (χ0n) is 16.9. The highest BCUT2D eigenvalue weighted by Crippen LogP contribution is 2.27. The first-order valence-electron chi connectivity index (χ1n) is 9.73. The molecule has 0 aliphatic rings. The van der Waals surface area contributed by atoms with Gasteiger partial charge in [0.05, 0.1) is 22.3 Å². The molecule has 0 amide bonds. The van der Waals surface area contributed by atoms with E-state index < -0.39 is 11.6 Å². The van der Waals surface area contributed by atoms with Crippen LogP contribution >= 0.6 is 0 Å². The second kappa shape index (κ2) is 8.10. The molecule has 0 N–H and O–H groups in total. The van der Waals surface area contributed by atoms with E-state index in [0.717, 1.165) is 0 Å². The lowest BCUT2D eigenvalue weighted by Gasteiger charge is -2.12. The molecule has 7 heteroatoms. The maximum atomic E-state index is 14.4. The van der Waals surface area contributed by atoms with Gasteiger partial charge >= 0.3 is 0 Å². The number of aromatic nitrogens is 2. The Morgan fingerprint density at radius 3 is 2.35 bits per heavy atom. The smallest absolute Gasteiger partial charge is 0.279 e. The fraction of sp³-hybridized carbons (Fsp3) is 0.125. The van der Waals surface area contributed by atoms with Gasteiger partial charge in [0.25, 0.3) is 5.56 Å². The summed E-state index contributed by atoms with van der Waals surface area (Å²) in [6.07, 6.45) is 1.20. The molecule has 0 radical (unpaired) electrons. The van der Waals surface area contributed by atoms with Crippen LogP contribution < -0.4 is 5.56 Å². The van der Waals surface area contributed by atoms with E-state index in [1.54, 1.807) is 44.2 Å². The van der Waals surface area contributed by atoms with Gasteiger partial charge in [-0.3, -0.25) is 4.79 Å². The Kier molecular flexibility index (Phi) is 5.33. The van der Waals surface area contributed by atoms with Crippen molar-refractivity contribution >= 4 is 17.0 Å². The first kappa shape index (κ1) is 20.4. The Bertz CT molecular complexity index is 1360. The third-order valence-corrected chi connectivity index (χ3v) is 4.92. The summed E-state index contributed by atoms with van der Waals surface area (Å²) in [5, 5.41) is 17.6. The molecule has 0 saturated heterocycles. The number of benzene rings is 3. The summed E-state index contributed by atoms with van der Waals surface area (Å²) in [5.41, 5.74) is 1.14. The Hall–Kier alpha value is -3.87. The highest BCUT2D eigenvalue weighted by molar-refractivity contribution is 5.94. The number of halogens is 2. The van der Waals surface area contributed by atoms with Crippen LogP contribution in [0.1, 0.15) is 19.4 Å². The van der Waals surface area contributed by atoms with Crippen LogP contribution in [-0.2, 0) is 0 Å². The van der Waals surface area contributed by atoms with Crippen LogP contribution in [0.15, 0.2) is 71.5 Å². The molecule has 0 saturated carbocycles. The predicted molar refractivity (Wildman–Crippen MR) is 117 cm³/mol. The molecule has 1 heterocycles. The molecule has 0 bridgehead atoms. The highest BCUT2D eigenvalue weighted by atomic mass is 19.1. The van der Waals surface area contributed by atoms with Crippen molar-refractivity contribution in [2.75, 3.05) is 0 Å². The van der Waals surface area contributed by atoms with E-state index >= 15 is 0 Å². The third-order valence-electron chi connectivity index (χ3n) is 4.92. The standard InChI is InChI=1S/C24H19F2N3O2/c1-15(2)28(31)14-17-13-16(7-12-22(17)26)23-20-5-3-4-6-21(20)24(30)29(27-23)19-10-8-18(25)9-11-19/h3-15H,1-2H3/b28-14-. The van der Waals surface area contributed by atoms with Crippen LogP contribution in [0, 0.1) is 16.8 Å². The Morgan fingerprint density at radius 1 is 1.00 bits per heavy atom. The molecule has 0 aliphatic carbocycles. The topological polar surface area (TPSA) is 61.0 Å². The van der Waals surface area contributed by atoms with Gasteiger partial charge in [0.2, 0.25) is 0 Å². The maximum absolute atomic E-state index is 14.4. The molecule has 156 valence electrons. The number of nitrogens with zero attached hydrogens (tertiary/aromatic N) is 3. The van der Waals surface area contributed by atoms with E-state index in [0.29, 0.717) is 32.5 Å². The lowest BCUT2D eigenvalue weighted by atomic mass is 10.0. The largest absolute Gasteiger partial charge is 0.624 e. The molecule has 1 aromatic heterocycles. The quantitative estimate of drug-likeness (QED) is 0.209. The van der Waals surface area contributed by atoms with Crippen LogP contribution in [-0.4, -0.2) is 26.8 Å². The Labute approximate surface area is 177 Å². The van der Waals surface area contributed by atoms with E-state index in [1.165, 1.54) is 47.3 Å². The SMILES string of the molecule is CC(C)/[N+]([O-])=C/c1cc(-c2nn(-c3ccc(F)cc3)c(=O)c3ccccc23)ccc1F. The minimum absolute atomic E-state index is 0.117. The summed E-state index contributed by atoms with van der Waals surface area (Å²) in [4.78, 5) is 13.0. The van der Waals surface area contributed by atoms with Crippen molar-refractivity contribution in [1.29, 1.82) is 0 Å². The Balaban J connectivity index is 1.98. The molecular weight excluding hydrogens is 400 g/mol. The van der Waals surface area contributed by atoms with Crippen LogP contribution in [0.25, 0.3) is 27.7 Å². The second-order valence-electron chi connectivity index (χ2n) is 7.41. The monoisotopic (exact) mass is 419 g/mol. The van der Waals surface area contributed by atoms with Crippen molar-refractivity contribution in [3.05, 3.63) is 99.5 Å². The lowest BCUT2D eigenvalue weighted by molar-refractivity contribution is -0.487. The second-order valence-corrected chi connectivity index (χ2v) is 7.41. The lowest BCUT2D eigenvalue weighted by Crippen LogP contribution is -2.22. The molecular formula is C24H19F2N3O2.